The summed E-state index contributed by atoms with van der Waals surface area (Å²) in [7, 11) is 0. The van der Waals surface area contributed by atoms with E-state index in [2.05, 4.69) is 15.3 Å². The van der Waals surface area contributed by atoms with Gasteiger partial charge in [0.15, 0.2) is 5.82 Å². The zero-order valence-electron chi connectivity index (χ0n) is 14.4. The van der Waals surface area contributed by atoms with Gasteiger partial charge in [-0.15, -0.1) is 0 Å². The molecule has 0 aliphatic rings. The average molecular weight is 355 g/mol. The van der Waals surface area contributed by atoms with Crippen LogP contribution in [0.5, 0.6) is 0 Å². The number of nitrogens with zero attached hydrogens (tertiary/aromatic N) is 1. The number of carbonyl (C=O) groups is 1. The standard InChI is InChI=1S/C21H17N5O/c22-16-9-5-4-8-15(16)19(23)20-25-17-11-10-13(12-18(17)26-20)21(27)24-14-6-2-1-3-7-14/h1-12,23H,22H2,(H,24,27)(H,25,26). The number of aromatic nitrogens is 2. The molecule has 0 aliphatic carbocycles. The third-order valence-electron chi connectivity index (χ3n) is 4.24. The number of benzene rings is 3. The Morgan fingerprint density at radius 1 is 1.00 bits per heavy atom. The minimum absolute atomic E-state index is 0.207. The number of nitrogen functional groups attached to an aromatic ring is 1. The molecule has 132 valence electrons. The monoisotopic (exact) mass is 355 g/mol. The maximum atomic E-state index is 12.5. The van der Waals surface area contributed by atoms with E-state index in [1.807, 2.05) is 42.5 Å². The van der Waals surface area contributed by atoms with Crippen LogP contribution in [0.3, 0.4) is 0 Å². The first-order valence-electron chi connectivity index (χ1n) is 8.42. The Kier molecular flexibility index (Phi) is 4.14. The largest absolute Gasteiger partial charge is 0.398 e. The molecule has 0 saturated heterocycles. The molecule has 1 heterocycles. The van der Waals surface area contributed by atoms with Gasteiger partial charge in [0.05, 0.1) is 11.0 Å². The summed E-state index contributed by atoms with van der Waals surface area (Å²) in [5, 5.41) is 11.2. The molecule has 4 rings (SSSR count). The molecule has 0 radical (unpaired) electrons. The highest BCUT2D eigenvalue weighted by atomic mass is 16.1. The lowest BCUT2D eigenvalue weighted by Crippen LogP contribution is -2.11. The Morgan fingerprint density at radius 2 is 1.74 bits per heavy atom. The van der Waals surface area contributed by atoms with Gasteiger partial charge in [-0.05, 0) is 36.4 Å². The highest BCUT2D eigenvalue weighted by Crippen LogP contribution is 2.19. The van der Waals surface area contributed by atoms with Gasteiger partial charge in [-0.3, -0.25) is 10.2 Å². The van der Waals surface area contributed by atoms with Crippen LogP contribution in [0.4, 0.5) is 11.4 Å². The van der Waals surface area contributed by atoms with Crippen molar-refractivity contribution in [2.45, 2.75) is 0 Å². The molecule has 0 spiro atoms. The molecule has 1 amide bonds. The summed E-state index contributed by atoms with van der Waals surface area (Å²) in [6.07, 6.45) is 0. The maximum absolute atomic E-state index is 12.5. The molecule has 5 N–H and O–H groups in total. The third-order valence-corrected chi connectivity index (χ3v) is 4.24. The molecule has 0 atom stereocenters. The number of aromatic amines is 1. The molecule has 3 aromatic carbocycles. The van der Waals surface area contributed by atoms with Gasteiger partial charge in [-0.2, -0.15) is 0 Å². The van der Waals surface area contributed by atoms with Gasteiger partial charge in [0.2, 0.25) is 0 Å². The van der Waals surface area contributed by atoms with E-state index in [1.165, 1.54) is 0 Å². The van der Waals surface area contributed by atoms with Crippen LogP contribution in [0, 0.1) is 5.41 Å². The Hall–Kier alpha value is -3.93. The Balaban J connectivity index is 1.63. The summed E-state index contributed by atoms with van der Waals surface area (Å²) in [4.78, 5) is 20.0. The van der Waals surface area contributed by atoms with Crippen LogP contribution in [0.1, 0.15) is 21.7 Å². The quantitative estimate of drug-likeness (QED) is 0.330. The van der Waals surface area contributed by atoms with Crippen LogP contribution in [0.2, 0.25) is 0 Å². The highest BCUT2D eigenvalue weighted by Gasteiger charge is 2.14. The molecular weight excluding hydrogens is 338 g/mol. The number of H-pyrrole nitrogens is 1. The number of rotatable bonds is 4. The molecule has 6 nitrogen and oxygen atoms in total. The second-order valence-corrected chi connectivity index (χ2v) is 6.10. The number of imidazole rings is 1. The number of hydrogen-bond acceptors (Lipinski definition) is 4. The van der Waals surface area contributed by atoms with Crippen molar-refractivity contribution < 1.29 is 4.79 Å². The van der Waals surface area contributed by atoms with Crippen molar-refractivity contribution in [2.24, 2.45) is 0 Å². The minimum Gasteiger partial charge on any atom is -0.398 e. The number of fused-ring (bicyclic) bond motifs is 1. The number of nitrogens with one attached hydrogen (secondary N) is 3. The van der Waals surface area contributed by atoms with Gasteiger partial charge < -0.3 is 16.0 Å². The van der Waals surface area contributed by atoms with Crippen LogP contribution in [0.25, 0.3) is 11.0 Å². The van der Waals surface area contributed by atoms with Crippen LogP contribution < -0.4 is 11.1 Å². The van der Waals surface area contributed by atoms with E-state index >= 15 is 0 Å². The normalized spacial score (nSPS) is 10.7. The van der Waals surface area contributed by atoms with E-state index in [0.29, 0.717) is 33.7 Å². The summed E-state index contributed by atoms with van der Waals surface area (Å²) in [5.74, 6) is 0.199. The highest BCUT2D eigenvalue weighted by molar-refractivity contribution is 6.13. The van der Waals surface area contributed by atoms with Crippen LogP contribution in [-0.2, 0) is 0 Å². The topological polar surface area (TPSA) is 108 Å². The van der Waals surface area contributed by atoms with Gasteiger partial charge in [0.25, 0.3) is 5.91 Å². The van der Waals surface area contributed by atoms with E-state index in [9.17, 15) is 4.79 Å². The number of para-hydroxylation sites is 2. The smallest absolute Gasteiger partial charge is 0.255 e. The van der Waals surface area contributed by atoms with Crippen molar-refractivity contribution in [3.63, 3.8) is 0 Å². The van der Waals surface area contributed by atoms with Gasteiger partial charge in [0.1, 0.15) is 5.71 Å². The summed E-state index contributed by atoms with van der Waals surface area (Å²) in [5.41, 5.74) is 9.90. The van der Waals surface area contributed by atoms with Gasteiger partial charge in [-0.1, -0.05) is 36.4 Å². The van der Waals surface area contributed by atoms with E-state index < -0.39 is 0 Å². The second kappa shape index (κ2) is 6.76. The Labute approximate surface area is 155 Å². The average Bonchev–Trinajstić information content (AvgIpc) is 3.12. The van der Waals surface area contributed by atoms with Crippen LogP contribution >= 0.6 is 0 Å². The molecule has 1 aromatic heterocycles. The summed E-state index contributed by atoms with van der Waals surface area (Å²) in [6.45, 7) is 0. The summed E-state index contributed by atoms with van der Waals surface area (Å²) < 4.78 is 0. The number of carbonyl (C=O) groups excluding carboxylic acids is 1. The van der Waals surface area contributed by atoms with Gasteiger partial charge >= 0.3 is 0 Å². The summed E-state index contributed by atoms with van der Waals surface area (Å²) >= 11 is 0. The molecule has 0 aliphatic heterocycles. The Morgan fingerprint density at radius 3 is 2.52 bits per heavy atom. The number of hydrogen-bond donors (Lipinski definition) is 4. The molecule has 4 aromatic rings. The van der Waals surface area contributed by atoms with E-state index in [4.69, 9.17) is 11.1 Å². The molecule has 0 saturated carbocycles. The minimum atomic E-state index is -0.207. The van der Waals surface area contributed by atoms with Gasteiger partial charge in [0, 0.05) is 22.5 Å². The first-order valence-corrected chi connectivity index (χ1v) is 8.42. The van der Waals surface area contributed by atoms with Crippen molar-refractivity contribution in [2.75, 3.05) is 11.1 Å². The Bertz CT molecular complexity index is 1150. The van der Waals surface area contributed by atoms with Crippen molar-refractivity contribution in [1.29, 1.82) is 5.41 Å². The van der Waals surface area contributed by atoms with E-state index in [-0.39, 0.29) is 11.6 Å². The molecule has 27 heavy (non-hydrogen) atoms. The lowest BCUT2D eigenvalue weighted by Gasteiger charge is -2.04. The molecule has 6 heteroatoms. The lowest BCUT2D eigenvalue weighted by atomic mass is 10.1. The van der Waals surface area contributed by atoms with Crippen LogP contribution in [0.15, 0.2) is 72.8 Å². The molecular formula is C21H17N5O. The van der Waals surface area contributed by atoms with Crippen molar-refractivity contribution >= 4 is 34.0 Å². The first kappa shape index (κ1) is 16.5. The van der Waals surface area contributed by atoms with E-state index in [0.717, 1.165) is 5.69 Å². The van der Waals surface area contributed by atoms with Gasteiger partial charge in [-0.25, -0.2) is 4.98 Å². The fourth-order valence-electron chi connectivity index (χ4n) is 2.85. The SMILES string of the molecule is N=C(c1nc2ccc(C(=O)Nc3ccccc3)cc2[nH]1)c1ccccc1N. The summed E-state index contributed by atoms with van der Waals surface area (Å²) in [6, 6.07) is 21.7. The number of nitrogens with two attached hydrogens (primary N) is 1. The number of amides is 1. The zero-order valence-corrected chi connectivity index (χ0v) is 14.4. The second-order valence-electron chi connectivity index (χ2n) is 6.10. The predicted molar refractivity (Wildman–Crippen MR) is 107 cm³/mol. The van der Waals surface area contributed by atoms with Crippen molar-refractivity contribution in [3.05, 3.63) is 89.7 Å². The first-order chi connectivity index (χ1) is 13.1. The predicted octanol–water partition coefficient (Wildman–Crippen LogP) is 3.81. The molecule has 0 bridgehead atoms. The van der Waals surface area contributed by atoms with Crippen molar-refractivity contribution in [1.82, 2.24) is 9.97 Å². The lowest BCUT2D eigenvalue weighted by molar-refractivity contribution is 0.102. The van der Waals surface area contributed by atoms with Crippen molar-refractivity contribution in [3.8, 4) is 0 Å². The molecule has 0 unspecified atom stereocenters. The third kappa shape index (κ3) is 3.28. The van der Waals surface area contributed by atoms with Crippen LogP contribution in [-0.4, -0.2) is 21.6 Å². The zero-order chi connectivity index (χ0) is 18.8. The van der Waals surface area contributed by atoms with E-state index in [1.54, 1.807) is 30.3 Å². The molecule has 0 fully saturated rings. The fourth-order valence-corrected chi connectivity index (χ4v) is 2.85. The maximum Gasteiger partial charge on any atom is 0.255 e. The fraction of sp³-hybridized carbons (Fsp3) is 0. The number of anilines is 2.